The van der Waals surface area contributed by atoms with Gasteiger partial charge in [0.2, 0.25) is 0 Å². The maximum atomic E-state index is 9.98. The van der Waals surface area contributed by atoms with Crippen molar-refractivity contribution in [3.05, 3.63) is 193 Å². The standard InChI is InChI=1S/C51H32N4O2/c1-4-13-33(14-5-1)34-23-25-37(26-24-34)55(38-28-30-45-43(31-38)40-19-10-11-21-44(40)56-45)39-27-29-41-47(32-39)57-46-22-12-20-42(48(41)46)51-53-49(35-15-6-2-7-16-35)52-50(54-51)36-17-8-3-9-18-36/h1-32H/i1D,2D,3D,4D,5D,6D,7D,8D,9D,10D,11D,12D,13D,14D,15D,16D,17D,18D,20D,21D,22D,23D,24D,25D,26D,27D,28D,29D,30D,31D,32D. The zero-order valence-electron chi connectivity index (χ0n) is 59.2. The molecule has 268 valence electrons. The van der Waals surface area contributed by atoms with Crippen molar-refractivity contribution in [1.29, 1.82) is 0 Å². The van der Waals surface area contributed by atoms with E-state index < -0.39 is 288 Å². The number of hydrogen-bond acceptors (Lipinski definition) is 6. The normalized spacial score (nSPS) is 19.1. The summed E-state index contributed by atoms with van der Waals surface area (Å²) < 4.78 is 288. The Hall–Kier alpha value is -7.83. The predicted octanol–water partition coefficient (Wildman–Crippen LogP) is 13.8. The molecule has 6 nitrogen and oxygen atoms in total. The number of aromatic nitrogens is 3. The molecule has 0 radical (unpaired) electrons. The van der Waals surface area contributed by atoms with Crippen LogP contribution in [-0.4, -0.2) is 15.0 Å². The lowest BCUT2D eigenvalue weighted by Gasteiger charge is -2.25. The lowest BCUT2D eigenvalue weighted by atomic mass is 10.0. The molecule has 3 heterocycles. The van der Waals surface area contributed by atoms with E-state index in [2.05, 4.69) is 15.0 Å². The average molecular weight is 764 g/mol. The zero-order valence-corrected chi connectivity index (χ0v) is 28.2. The van der Waals surface area contributed by atoms with Gasteiger partial charge in [-0.3, -0.25) is 0 Å². The first kappa shape index (κ1) is 14.0. The lowest BCUT2D eigenvalue weighted by molar-refractivity contribution is 0.668. The van der Waals surface area contributed by atoms with Crippen LogP contribution in [0.15, 0.2) is 202 Å². The molecule has 6 heteroatoms. The predicted molar refractivity (Wildman–Crippen MR) is 231 cm³/mol. The summed E-state index contributed by atoms with van der Waals surface area (Å²) in [6, 6.07) is -28.7. The van der Waals surface area contributed by atoms with E-state index in [-0.39, 0.29) is 5.39 Å². The fraction of sp³-hybridized carbons (Fsp3) is 0. The van der Waals surface area contributed by atoms with Crippen molar-refractivity contribution in [2.75, 3.05) is 4.90 Å². The van der Waals surface area contributed by atoms with Crippen LogP contribution in [0.5, 0.6) is 0 Å². The molecule has 0 unspecified atom stereocenters. The molecule has 0 spiro atoms. The summed E-state index contributed by atoms with van der Waals surface area (Å²) in [5.74, 6) is -2.57. The van der Waals surface area contributed by atoms with Crippen LogP contribution in [-0.2, 0) is 0 Å². The molecule has 0 aliphatic carbocycles. The Morgan fingerprint density at radius 2 is 0.912 bits per heavy atom. The Morgan fingerprint density at radius 3 is 1.63 bits per heavy atom. The largest absolute Gasteiger partial charge is 0.456 e. The Bertz CT molecular complexity index is 4880. The second-order valence-corrected chi connectivity index (χ2v) is 11.7. The van der Waals surface area contributed by atoms with Gasteiger partial charge in [-0.05, 0) is 65.5 Å². The van der Waals surface area contributed by atoms with Gasteiger partial charge < -0.3 is 13.7 Å². The SMILES string of the molecule is [2H]c1cc2c(oc3c([2H])c([2H])c(N(c4c([2H])c([2H])c(-c5c([2H])c([2H])c([2H])c([2H])c5[2H])c([2H])c4[2H])c4c([2H])c([2H])c5c(oc6c([2H])c([2H])c([2H])c(-c7nc(-c8c([2H])c([2H])c([2H])c([2H])c8[2H])nc(-c8c([2H])c([2H])c([2H])c([2H])c8[2H])n7)c65)c4[2H])c([2H])c32)c([2H])c1[2H]. The fourth-order valence-corrected chi connectivity index (χ4v) is 5.87. The van der Waals surface area contributed by atoms with E-state index in [9.17, 15) is 15.1 Å². The zero-order chi connectivity index (χ0) is 64.7. The molecule has 0 saturated heterocycles. The summed E-state index contributed by atoms with van der Waals surface area (Å²) in [4.78, 5) is 13.4. The third kappa shape index (κ3) is 5.79. The van der Waals surface area contributed by atoms with Gasteiger partial charge in [0.15, 0.2) is 17.5 Å². The Balaban J connectivity index is 1.30. The summed E-state index contributed by atoms with van der Waals surface area (Å²) >= 11 is 0. The van der Waals surface area contributed by atoms with Crippen LogP contribution in [0.3, 0.4) is 0 Å². The van der Waals surface area contributed by atoms with Crippen molar-refractivity contribution in [3.63, 3.8) is 0 Å². The fourth-order valence-electron chi connectivity index (χ4n) is 5.87. The molecule has 11 rings (SSSR count). The number of rotatable bonds is 7. The summed E-state index contributed by atoms with van der Waals surface area (Å²) in [6.45, 7) is 0. The van der Waals surface area contributed by atoms with Crippen LogP contribution in [0.2, 0.25) is 0 Å². The quantitative estimate of drug-likeness (QED) is 0.161. The smallest absolute Gasteiger partial charge is 0.164 e. The molecule has 3 aromatic heterocycles. The highest BCUT2D eigenvalue weighted by Crippen LogP contribution is 2.43. The highest BCUT2D eigenvalue weighted by atomic mass is 16.3. The van der Waals surface area contributed by atoms with Gasteiger partial charge in [-0.1, -0.05) is 133 Å². The summed E-state index contributed by atoms with van der Waals surface area (Å²) in [7, 11) is 0. The van der Waals surface area contributed by atoms with Crippen molar-refractivity contribution in [2.45, 2.75) is 0 Å². The van der Waals surface area contributed by atoms with E-state index in [1.165, 1.54) is 0 Å². The minimum atomic E-state index is -1.21. The Morgan fingerprint density at radius 1 is 0.368 bits per heavy atom. The van der Waals surface area contributed by atoms with Crippen molar-refractivity contribution in [1.82, 2.24) is 15.0 Å². The van der Waals surface area contributed by atoms with E-state index in [1.807, 2.05) is 0 Å². The van der Waals surface area contributed by atoms with Crippen molar-refractivity contribution in [2.24, 2.45) is 0 Å². The molecular formula is C51H32N4O2. The molecule has 0 N–H and O–H groups in total. The number of anilines is 3. The van der Waals surface area contributed by atoms with Gasteiger partial charge in [-0.2, -0.15) is 0 Å². The van der Waals surface area contributed by atoms with Crippen molar-refractivity contribution in [3.8, 4) is 45.3 Å². The topological polar surface area (TPSA) is 68.2 Å². The van der Waals surface area contributed by atoms with Gasteiger partial charge in [0.1, 0.15) is 22.3 Å². The van der Waals surface area contributed by atoms with Crippen LogP contribution >= 0.6 is 0 Å². The first-order chi connectivity index (χ1) is 41.1. The molecule has 0 bridgehead atoms. The summed E-state index contributed by atoms with van der Waals surface area (Å²) in [5.41, 5.74) is -9.75. The third-order valence-electron chi connectivity index (χ3n) is 8.35. The highest BCUT2D eigenvalue weighted by molar-refractivity contribution is 6.13. The van der Waals surface area contributed by atoms with Gasteiger partial charge in [0, 0.05) is 61.3 Å². The lowest BCUT2D eigenvalue weighted by Crippen LogP contribution is -2.09. The first-order valence-corrected chi connectivity index (χ1v) is 16.4. The maximum absolute atomic E-state index is 9.98. The van der Waals surface area contributed by atoms with Crippen LogP contribution in [0.25, 0.3) is 89.2 Å². The summed E-state index contributed by atoms with van der Waals surface area (Å²) in [5, 5.41) is -2.08. The third-order valence-corrected chi connectivity index (χ3v) is 8.35. The van der Waals surface area contributed by atoms with Gasteiger partial charge >= 0.3 is 0 Å². The molecule has 11 aromatic rings. The van der Waals surface area contributed by atoms with E-state index in [0.29, 0.717) is 4.90 Å². The number of para-hydroxylation sites is 1. The van der Waals surface area contributed by atoms with Gasteiger partial charge in [-0.25, -0.2) is 15.0 Å². The number of fused-ring (bicyclic) bond motifs is 6. The van der Waals surface area contributed by atoms with Crippen LogP contribution in [0.4, 0.5) is 17.1 Å². The Kier molecular flexibility index (Phi) is 3.32. The van der Waals surface area contributed by atoms with Crippen LogP contribution in [0, 0.1) is 0 Å². The molecule has 0 aliphatic rings. The molecule has 8 aromatic carbocycles. The number of furan rings is 2. The van der Waals surface area contributed by atoms with Gasteiger partial charge in [-0.15, -0.1) is 0 Å². The maximum Gasteiger partial charge on any atom is 0.164 e. The van der Waals surface area contributed by atoms with E-state index in [1.54, 1.807) is 0 Å². The van der Waals surface area contributed by atoms with E-state index >= 15 is 0 Å². The molecule has 0 fully saturated rings. The molecule has 57 heavy (non-hydrogen) atoms. The monoisotopic (exact) mass is 763 g/mol. The van der Waals surface area contributed by atoms with Crippen LogP contribution in [0.1, 0.15) is 42.5 Å². The number of hydrogen-bond donors (Lipinski definition) is 0. The first-order valence-electron chi connectivity index (χ1n) is 31.9. The second-order valence-electron chi connectivity index (χ2n) is 11.7. The average Bonchev–Trinajstić information content (AvgIpc) is 1.41. The van der Waals surface area contributed by atoms with E-state index in [4.69, 9.17) is 36.2 Å². The molecule has 0 aliphatic heterocycles. The molecule has 0 saturated carbocycles. The molecular weight excluding hydrogens is 701 g/mol. The number of nitrogens with zero attached hydrogens (tertiary/aromatic N) is 4. The molecule has 0 amide bonds. The van der Waals surface area contributed by atoms with Gasteiger partial charge in [0.05, 0.1) is 42.5 Å². The van der Waals surface area contributed by atoms with E-state index in [0.717, 1.165) is 6.07 Å². The van der Waals surface area contributed by atoms with Gasteiger partial charge in [0.25, 0.3) is 0 Å². The second kappa shape index (κ2) is 13.5. The summed E-state index contributed by atoms with van der Waals surface area (Å²) in [6.07, 6.45) is 0. The van der Waals surface area contributed by atoms with Crippen LogP contribution < -0.4 is 4.90 Å². The Labute approximate surface area is 371 Å². The van der Waals surface area contributed by atoms with Crippen molar-refractivity contribution < 1.29 is 51.3 Å². The highest BCUT2D eigenvalue weighted by Gasteiger charge is 2.21. The minimum Gasteiger partial charge on any atom is -0.456 e. The molecule has 0 atom stereocenters. The number of benzene rings is 8. The minimum absolute atomic E-state index is 0.265. The van der Waals surface area contributed by atoms with Crippen molar-refractivity contribution >= 4 is 60.9 Å².